The van der Waals surface area contributed by atoms with Crippen LogP contribution < -0.4 is 15.4 Å². The minimum atomic E-state index is -0.281. The molecule has 0 saturated carbocycles. The van der Waals surface area contributed by atoms with E-state index in [4.69, 9.17) is 21.1 Å². The van der Waals surface area contributed by atoms with Crippen molar-refractivity contribution < 1.29 is 14.3 Å². The summed E-state index contributed by atoms with van der Waals surface area (Å²) in [7, 11) is 0. The summed E-state index contributed by atoms with van der Waals surface area (Å²) in [6.07, 6.45) is 2.56. The van der Waals surface area contributed by atoms with Gasteiger partial charge in [0.15, 0.2) is 0 Å². The smallest absolute Gasteiger partial charge is 0.323 e. The van der Waals surface area contributed by atoms with Crippen LogP contribution in [-0.2, 0) is 17.6 Å². The van der Waals surface area contributed by atoms with Gasteiger partial charge < -0.3 is 20.1 Å². The van der Waals surface area contributed by atoms with E-state index in [2.05, 4.69) is 17.6 Å². The molecule has 5 nitrogen and oxygen atoms in total. The number of carbonyl (C=O) groups is 1. The maximum atomic E-state index is 12.5. The first-order chi connectivity index (χ1) is 15.6. The highest BCUT2D eigenvalue weighted by Gasteiger charge is 2.17. The molecule has 166 valence electrons. The van der Waals surface area contributed by atoms with Crippen molar-refractivity contribution in [2.24, 2.45) is 0 Å². The number of nitrogens with one attached hydrogen (secondary N) is 2. The van der Waals surface area contributed by atoms with Crippen molar-refractivity contribution in [3.63, 3.8) is 0 Å². The molecule has 1 saturated heterocycles. The molecule has 2 N–H and O–H groups in total. The Bertz CT molecular complexity index is 1060. The lowest BCUT2D eigenvalue weighted by Crippen LogP contribution is -2.20. The predicted molar refractivity (Wildman–Crippen MR) is 129 cm³/mol. The molecule has 0 aliphatic carbocycles. The number of urea groups is 1. The van der Waals surface area contributed by atoms with Gasteiger partial charge in [0.1, 0.15) is 11.9 Å². The van der Waals surface area contributed by atoms with Crippen LogP contribution in [0, 0.1) is 0 Å². The first-order valence-electron chi connectivity index (χ1n) is 10.9. The Kier molecular flexibility index (Phi) is 7.30. The molecule has 0 unspecified atom stereocenters. The zero-order valence-corrected chi connectivity index (χ0v) is 18.8. The van der Waals surface area contributed by atoms with Crippen molar-refractivity contribution in [2.45, 2.75) is 32.3 Å². The Morgan fingerprint density at radius 1 is 1.06 bits per heavy atom. The molecule has 3 aromatic carbocycles. The second kappa shape index (κ2) is 10.5. The number of benzene rings is 3. The first kappa shape index (κ1) is 22.2. The van der Waals surface area contributed by atoms with E-state index in [0.717, 1.165) is 47.6 Å². The minimum absolute atomic E-state index is 0.133. The van der Waals surface area contributed by atoms with E-state index < -0.39 is 0 Å². The standard InChI is InChI=1S/C26H27ClN2O3/c1-2-19-5-3-4-6-25(19)29-26(30)28-21-9-12-24(27)20(16-21)15-18-7-10-22(11-8-18)32-23-13-14-31-17-23/h3-12,16,23H,2,13-15,17H2,1H3,(H2,28,29,30)/t23-/m1/s1. The number of carbonyl (C=O) groups excluding carboxylic acids is 1. The largest absolute Gasteiger partial charge is 0.488 e. The number of rotatable bonds is 7. The van der Waals surface area contributed by atoms with Crippen LogP contribution in [0.3, 0.4) is 0 Å². The molecule has 6 heteroatoms. The van der Waals surface area contributed by atoms with Gasteiger partial charge in [0.05, 0.1) is 13.2 Å². The summed E-state index contributed by atoms with van der Waals surface area (Å²) in [6.45, 7) is 3.47. The van der Waals surface area contributed by atoms with Crippen LogP contribution in [0.1, 0.15) is 30.0 Å². The van der Waals surface area contributed by atoms with Gasteiger partial charge in [0.2, 0.25) is 0 Å². The van der Waals surface area contributed by atoms with Crippen LogP contribution in [0.15, 0.2) is 66.7 Å². The van der Waals surface area contributed by atoms with E-state index in [1.165, 1.54) is 0 Å². The number of amides is 2. The fourth-order valence-corrected chi connectivity index (χ4v) is 3.91. The van der Waals surface area contributed by atoms with Gasteiger partial charge in [-0.25, -0.2) is 4.79 Å². The summed E-state index contributed by atoms with van der Waals surface area (Å²) in [5.74, 6) is 0.842. The molecule has 1 fully saturated rings. The monoisotopic (exact) mass is 450 g/mol. The van der Waals surface area contributed by atoms with E-state index >= 15 is 0 Å². The van der Waals surface area contributed by atoms with Gasteiger partial charge in [0, 0.05) is 22.8 Å². The van der Waals surface area contributed by atoms with Crippen molar-refractivity contribution >= 4 is 29.0 Å². The normalized spacial score (nSPS) is 15.4. The summed E-state index contributed by atoms with van der Waals surface area (Å²) >= 11 is 6.43. The van der Waals surface area contributed by atoms with Crippen molar-refractivity contribution in [1.82, 2.24) is 0 Å². The molecule has 1 aliphatic rings. The van der Waals surface area contributed by atoms with Crippen LogP contribution in [-0.4, -0.2) is 25.3 Å². The van der Waals surface area contributed by atoms with Crippen molar-refractivity contribution in [1.29, 1.82) is 0 Å². The van der Waals surface area contributed by atoms with Gasteiger partial charge in [-0.05, 0) is 65.9 Å². The SMILES string of the molecule is CCc1ccccc1NC(=O)Nc1ccc(Cl)c(Cc2ccc(O[C@@H]3CCOC3)cc2)c1. The summed E-state index contributed by atoms with van der Waals surface area (Å²) in [5, 5.41) is 6.49. The number of halogens is 1. The van der Waals surface area contributed by atoms with Gasteiger partial charge in [0.25, 0.3) is 0 Å². The van der Waals surface area contributed by atoms with Crippen molar-refractivity contribution in [2.75, 3.05) is 23.8 Å². The molecule has 0 radical (unpaired) electrons. The van der Waals surface area contributed by atoms with Crippen LogP contribution >= 0.6 is 11.6 Å². The molecule has 0 bridgehead atoms. The first-order valence-corrected chi connectivity index (χ1v) is 11.3. The summed E-state index contributed by atoms with van der Waals surface area (Å²) in [5.41, 5.74) is 4.65. The van der Waals surface area contributed by atoms with E-state index in [1.54, 1.807) is 6.07 Å². The maximum absolute atomic E-state index is 12.5. The highest BCUT2D eigenvalue weighted by atomic mass is 35.5. The fourth-order valence-electron chi connectivity index (χ4n) is 3.73. The molecule has 0 aromatic heterocycles. The highest BCUT2D eigenvalue weighted by Crippen LogP contribution is 2.25. The van der Waals surface area contributed by atoms with Crippen LogP contribution in [0.4, 0.5) is 16.2 Å². The average Bonchev–Trinajstić information content (AvgIpc) is 3.31. The zero-order valence-electron chi connectivity index (χ0n) is 18.1. The van der Waals surface area contributed by atoms with E-state index in [-0.39, 0.29) is 12.1 Å². The maximum Gasteiger partial charge on any atom is 0.323 e. The topological polar surface area (TPSA) is 59.6 Å². The van der Waals surface area contributed by atoms with Gasteiger partial charge in [-0.1, -0.05) is 48.9 Å². The highest BCUT2D eigenvalue weighted by molar-refractivity contribution is 6.31. The Balaban J connectivity index is 1.39. The molecule has 3 aromatic rings. The number of aryl methyl sites for hydroxylation is 1. The lowest BCUT2D eigenvalue weighted by molar-refractivity contribution is 0.141. The fraction of sp³-hybridized carbons (Fsp3) is 0.269. The Morgan fingerprint density at radius 2 is 1.88 bits per heavy atom. The van der Waals surface area contributed by atoms with Crippen LogP contribution in [0.5, 0.6) is 5.75 Å². The Morgan fingerprint density at radius 3 is 2.62 bits per heavy atom. The summed E-state index contributed by atoms with van der Waals surface area (Å²) < 4.78 is 11.3. The molecule has 4 rings (SSSR count). The Labute approximate surface area is 193 Å². The van der Waals surface area contributed by atoms with E-state index in [9.17, 15) is 4.79 Å². The Hall–Kier alpha value is -3.02. The lowest BCUT2D eigenvalue weighted by atomic mass is 10.0. The van der Waals surface area contributed by atoms with Gasteiger partial charge in [-0.2, -0.15) is 0 Å². The molecular weight excluding hydrogens is 424 g/mol. The molecule has 1 aliphatic heterocycles. The predicted octanol–water partition coefficient (Wildman–Crippen LogP) is 6.30. The van der Waals surface area contributed by atoms with Crippen molar-refractivity contribution in [3.8, 4) is 5.75 Å². The number of ether oxygens (including phenoxy) is 2. The van der Waals surface area contributed by atoms with Crippen LogP contribution in [0.25, 0.3) is 0 Å². The second-order valence-corrected chi connectivity index (χ2v) is 8.23. The van der Waals surface area contributed by atoms with E-state index in [1.807, 2.05) is 60.7 Å². The number of hydrogen-bond acceptors (Lipinski definition) is 3. The molecule has 1 heterocycles. The quantitative estimate of drug-likeness (QED) is 0.443. The summed E-state index contributed by atoms with van der Waals surface area (Å²) in [6, 6.07) is 21.1. The van der Waals surface area contributed by atoms with Crippen molar-refractivity contribution in [3.05, 3.63) is 88.4 Å². The van der Waals surface area contributed by atoms with Gasteiger partial charge in [-0.3, -0.25) is 0 Å². The zero-order chi connectivity index (χ0) is 22.3. The lowest BCUT2D eigenvalue weighted by Gasteiger charge is -2.13. The number of para-hydroxylation sites is 1. The van der Waals surface area contributed by atoms with Gasteiger partial charge in [-0.15, -0.1) is 0 Å². The number of hydrogen-bond donors (Lipinski definition) is 2. The van der Waals surface area contributed by atoms with E-state index in [0.29, 0.717) is 23.7 Å². The second-order valence-electron chi connectivity index (χ2n) is 7.82. The molecular formula is C26H27ClN2O3. The minimum Gasteiger partial charge on any atom is -0.488 e. The molecule has 32 heavy (non-hydrogen) atoms. The van der Waals surface area contributed by atoms with Crippen LogP contribution in [0.2, 0.25) is 5.02 Å². The molecule has 1 atom stereocenters. The molecule has 2 amide bonds. The molecule has 0 spiro atoms. The third-order valence-corrected chi connectivity index (χ3v) is 5.83. The summed E-state index contributed by atoms with van der Waals surface area (Å²) in [4.78, 5) is 12.5. The third-order valence-electron chi connectivity index (χ3n) is 5.46. The number of anilines is 2. The van der Waals surface area contributed by atoms with Gasteiger partial charge >= 0.3 is 6.03 Å². The third kappa shape index (κ3) is 5.81. The average molecular weight is 451 g/mol.